The molecule has 2 rings (SSSR count). The number of thiol groups is 2. The van der Waals surface area contributed by atoms with Crippen LogP contribution in [0.2, 0.25) is 0 Å². The Bertz CT molecular complexity index is 189. The zero-order chi connectivity index (χ0) is 11.4. The summed E-state index contributed by atoms with van der Waals surface area (Å²) in [6, 6.07) is 0. The minimum absolute atomic E-state index is 0.824. The summed E-state index contributed by atoms with van der Waals surface area (Å²) in [5.41, 5.74) is 0. The Kier molecular flexibility index (Phi) is 6.92. The van der Waals surface area contributed by atoms with E-state index in [2.05, 4.69) is 72.3 Å². The van der Waals surface area contributed by atoms with Gasteiger partial charge in [-0.3, -0.25) is 0 Å². The van der Waals surface area contributed by atoms with Crippen LogP contribution in [0.3, 0.4) is 0 Å². The van der Waals surface area contributed by atoms with Gasteiger partial charge in [0.1, 0.15) is 0 Å². The van der Waals surface area contributed by atoms with Gasteiger partial charge in [0.2, 0.25) is 0 Å². The summed E-state index contributed by atoms with van der Waals surface area (Å²) in [6.45, 7) is 0. The van der Waals surface area contributed by atoms with Crippen molar-refractivity contribution in [2.24, 2.45) is 0 Å². The molecule has 4 unspecified atom stereocenters. The van der Waals surface area contributed by atoms with Crippen molar-refractivity contribution < 1.29 is 0 Å². The van der Waals surface area contributed by atoms with E-state index in [0.29, 0.717) is 0 Å². The van der Waals surface area contributed by atoms with Gasteiger partial charge in [-0.25, -0.2) is 0 Å². The van der Waals surface area contributed by atoms with Gasteiger partial charge in [-0.1, -0.05) is 0 Å². The topological polar surface area (TPSA) is 0 Å². The summed E-state index contributed by atoms with van der Waals surface area (Å²) in [5, 5.41) is 1.72. The molecule has 94 valence electrons. The number of rotatable bonds is 5. The second kappa shape index (κ2) is 7.63. The second-order valence-corrected chi connectivity index (χ2v) is 10.7. The van der Waals surface area contributed by atoms with E-state index in [1.54, 1.807) is 0 Å². The Morgan fingerprint density at radius 2 is 1.25 bits per heavy atom. The van der Waals surface area contributed by atoms with Gasteiger partial charge in [0.15, 0.2) is 0 Å². The molecule has 2 fully saturated rings. The van der Waals surface area contributed by atoms with E-state index < -0.39 is 0 Å². The molecular weight excluding hydrogens is 313 g/mol. The lowest BCUT2D eigenvalue weighted by Crippen LogP contribution is -2.09. The molecule has 4 atom stereocenters. The lowest BCUT2D eigenvalue weighted by atomic mass is 10.4. The van der Waals surface area contributed by atoms with Gasteiger partial charge in [-0.2, -0.15) is 25.3 Å². The molecular formula is C10H18S6. The quantitative estimate of drug-likeness (QED) is 0.732. The summed E-state index contributed by atoms with van der Waals surface area (Å²) in [6.07, 6.45) is 2.55. The third-order valence-electron chi connectivity index (χ3n) is 2.67. The zero-order valence-electron chi connectivity index (χ0n) is 9.08. The van der Waals surface area contributed by atoms with Crippen molar-refractivity contribution in [3.8, 4) is 0 Å². The van der Waals surface area contributed by atoms with Gasteiger partial charge in [0.25, 0.3) is 0 Å². The molecule has 0 N–H and O–H groups in total. The maximum absolute atomic E-state index is 4.34. The van der Waals surface area contributed by atoms with E-state index in [9.17, 15) is 0 Å². The van der Waals surface area contributed by atoms with E-state index in [4.69, 9.17) is 0 Å². The highest BCUT2D eigenvalue weighted by Crippen LogP contribution is 2.52. The van der Waals surface area contributed by atoms with Crippen molar-refractivity contribution in [1.82, 2.24) is 0 Å². The summed E-state index contributed by atoms with van der Waals surface area (Å²) in [7, 11) is 0. The fourth-order valence-corrected chi connectivity index (χ4v) is 10.6. The van der Waals surface area contributed by atoms with Crippen LogP contribution in [0.4, 0.5) is 0 Å². The molecule has 2 heterocycles. The molecule has 2 aliphatic heterocycles. The Labute approximate surface area is 127 Å². The fourth-order valence-electron chi connectivity index (χ4n) is 1.82. The Morgan fingerprint density at radius 1 is 0.812 bits per heavy atom. The van der Waals surface area contributed by atoms with Crippen LogP contribution < -0.4 is 0 Å². The Balaban J connectivity index is 1.73. The van der Waals surface area contributed by atoms with E-state index in [-0.39, 0.29) is 0 Å². The van der Waals surface area contributed by atoms with Crippen molar-refractivity contribution in [3.05, 3.63) is 0 Å². The van der Waals surface area contributed by atoms with Crippen molar-refractivity contribution >= 4 is 72.3 Å². The van der Waals surface area contributed by atoms with Crippen LogP contribution in [0, 0.1) is 0 Å². The number of hydrogen-bond acceptors (Lipinski definition) is 6. The molecule has 0 nitrogen and oxygen atoms in total. The summed E-state index contributed by atoms with van der Waals surface area (Å²) >= 11 is 17.4. The molecule has 6 heteroatoms. The molecule has 0 aliphatic carbocycles. The van der Waals surface area contributed by atoms with E-state index >= 15 is 0 Å². The average Bonchev–Trinajstić information content (AvgIpc) is 2.87. The number of hydrogen-bond donors (Lipinski definition) is 2. The van der Waals surface area contributed by atoms with Gasteiger partial charge in [0, 0.05) is 22.0 Å². The molecule has 2 aliphatic rings. The van der Waals surface area contributed by atoms with Gasteiger partial charge < -0.3 is 0 Å². The van der Waals surface area contributed by atoms with Gasteiger partial charge in [-0.15, -0.1) is 47.0 Å². The van der Waals surface area contributed by atoms with Crippen LogP contribution in [-0.4, -0.2) is 42.7 Å². The summed E-state index contributed by atoms with van der Waals surface area (Å²) < 4.78 is 1.65. The average molecular weight is 331 g/mol. The first-order chi connectivity index (χ1) is 7.83. The zero-order valence-corrected chi connectivity index (χ0v) is 14.1. The van der Waals surface area contributed by atoms with Gasteiger partial charge in [-0.05, 0) is 24.3 Å². The lowest BCUT2D eigenvalue weighted by molar-refractivity contribution is 0.938. The van der Waals surface area contributed by atoms with Crippen LogP contribution in [0.1, 0.15) is 12.8 Å². The predicted molar refractivity (Wildman–Crippen MR) is 92.2 cm³/mol. The lowest BCUT2D eigenvalue weighted by Gasteiger charge is -2.16. The van der Waals surface area contributed by atoms with E-state index in [0.717, 1.165) is 31.2 Å². The highest BCUT2D eigenvalue weighted by molar-refractivity contribution is 8.26. The minimum Gasteiger partial charge on any atom is -0.179 e. The molecule has 0 amide bonds. The molecule has 0 aromatic heterocycles. The first-order valence-corrected chi connectivity index (χ1v) is 10.8. The molecule has 0 spiro atoms. The van der Waals surface area contributed by atoms with Crippen LogP contribution in [0.25, 0.3) is 0 Å². The van der Waals surface area contributed by atoms with Crippen molar-refractivity contribution in [1.29, 1.82) is 0 Å². The fraction of sp³-hybridized carbons (Fsp3) is 1.00. The van der Waals surface area contributed by atoms with Gasteiger partial charge >= 0.3 is 0 Å². The highest BCUT2D eigenvalue weighted by atomic mass is 32.2. The first-order valence-electron chi connectivity index (χ1n) is 5.59. The Morgan fingerprint density at radius 3 is 1.62 bits per heavy atom. The summed E-state index contributed by atoms with van der Waals surface area (Å²) in [4.78, 5) is 0. The molecule has 0 saturated carbocycles. The maximum Gasteiger partial charge on any atom is 0.0715 e. The SMILES string of the molecule is SCCC1CSC(C2SCC(CCS)S2)S1. The maximum atomic E-state index is 4.34. The molecule has 0 bridgehead atoms. The molecule has 0 aromatic rings. The van der Waals surface area contributed by atoms with Crippen LogP contribution in [0.5, 0.6) is 0 Å². The molecule has 0 radical (unpaired) electrons. The third kappa shape index (κ3) is 4.05. The first kappa shape index (κ1) is 14.5. The number of thioether (sulfide) groups is 4. The molecule has 16 heavy (non-hydrogen) atoms. The normalized spacial score (nSPS) is 39.4. The van der Waals surface area contributed by atoms with Crippen molar-refractivity contribution in [2.75, 3.05) is 23.0 Å². The van der Waals surface area contributed by atoms with Crippen LogP contribution in [0.15, 0.2) is 0 Å². The third-order valence-corrected chi connectivity index (χ3v) is 10.8. The van der Waals surface area contributed by atoms with Crippen LogP contribution >= 0.6 is 72.3 Å². The molecule has 0 aromatic carbocycles. The molecule has 2 saturated heterocycles. The van der Waals surface area contributed by atoms with Crippen molar-refractivity contribution in [3.63, 3.8) is 0 Å². The van der Waals surface area contributed by atoms with E-state index in [1.807, 2.05) is 0 Å². The smallest absolute Gasteiger partial charge is 0.0715 e. The predicted octanol–water partition coefficient (Wildman–Crippen LogP) is 3.98. The largest absolute Gasteiger partial charge is 0.179 e. The monoisotopic (exact) mass is 330 g/mol. The Hall–Kier alpha value is 2.10. The standard InChI is InChI=1S/C10H18S6/c11-3-1-7-5-13-9(15-7)10-14-6-8(16-10)2-4-12/h7-12H,1-6H2. The minimum atomic E-state index is 0.824. The van der Waals surface area contributed by atoms with Gasteiger partial charge in [0.05, 0.1) is 9.16 Å². The van der Waals surface area contributed by atoms with Crippen molar-refractivity contribution in [2.45, 2.75) is 32.5 Å². The van der Waals surface area contributed by atoms with E-state index in [1.165, 1.54) is 24.3 Å². The highest BCUT2D eigenvalue weighted by Gasteiger charge is 2.37. The second-order valence-electron chi connectivity index (χ2n) is 3.94. The van der Waals surface area contributed by atoms with Crippen LogP contribution in [-0.2, 0) is 0 Å². The summed E-state index contributed by atoms with van der Waals surface area (Å²) in [5.74, 6) is 4.76.